The fourth-order valence-corrected chi connectivity index (χ4v) is 2.08. The van der Waals surface area contributed by atoms with Crippen LogP contribution in [0.5, 0.6) is 0 Å². The van der Waals surface area contributed by atoms with Gasteiger partial charge in [0.05, 0.1) is 22.7 Å². The molecule has 0 saturated heterocycles. The summed E-state index contributed by atoms with van der Waals surface area (Å²) < 4.78 is 29.2. The Hall–Kier alpha value is -2.26. The van der Waals surface area contributed by atoms with Gasteiger partial charge in [-0.1, -0.05) is 43.3 Å². The first-order chi connectivity index (χ1) is 12.5. The van der Waals surface area contributed by atoms with Gasteiger partial charge in [0, 0.05) is 5.92 Å². The van der Waals surface area contributed by atoms with Crippen molar-refractivity contribution in [1.29, 1.82) is 0 Å². The summed E-state index contributed by atoms with van der Waals surface area (Å²) >= 11 is 0. The standard InChI is InChI=1S/C7H6O2.C6H6O3S.C6H14O2/c8-7(9)6-4-2-1-3-5-6;7-10(8,9)6-4-2-1-3-5-6;1-4(5(2)7)6(3)8/h1-5H,(H,8,9);1-5H,(H,7,8,9);4-8H,1-3H3. The Morgan fingerprint density at radius 2 is 1.19 bits per heavy atom. The summed E-state index contributed by atoms with van der Waals surface area (Å²) in [6.45, 7) is 5.17. The highest BCUT2D eigenvalue weighted by molar-refractivity contribution is 7.85. The maximum Gasteiger partial charge on any atom is 0.335 e. The first-order valence-corrected chi connectivity index (χ1v) is 9.57. The van der Waals surface area contributed by atoms with Crippen LogP contribution in [0.3, 0.4) is 0 Å². The van der Waals surface area contributed by atoms with Crippen molar-refractivity contribution in [3.63, 3.8) is 0 Å². The van der Waals surface area contributed by atoms with E-state index < -0.39 is 28.3 Å². The zero-order chi connectivity index (χ0) is 21.0. The van der Waals surface area contributed by atoms with Crippen molar-refractivity contribution in [2.75, 3.05) is 0 Å². The molecule has 2 aromatic rings. The Morgan fingerprint density at radius 3 is 1.37 bits per heavy atom. The minimum Gasteiger partial charge on any atom is -0.478 e. The van der Waals surface area contributed by atoms with Gasteiger partial charge < -0.3 is 15.3 Å². The van der Waals surface area contributed by atoms with Crippen LogP contribution in [-0.2, 0) is 10.1 Å². The van der Waals surface area contributed by atoms with Crippen LogP contribution in [-0.4, -0.2) is 46.5 Å². The van der Waals surface area contributed by atoms with Crippen molar-refractivity contribution in [3.05, 3.63) is 66.2 Å². The van der Waals surface area contributed by atoms with E-state index in [0.717, 1.165) is 0 Å². The summed E-state index contributed by atoms with van der Waals surface area (Å²) in [5.74, 6) is -0.898. The fraction of sp³-hybridized carbons (Fsp3) is 0.316. The number of hydrogen-bond donors (Lipinski definition) is 4. The van der Waals surface area contributed by atoms with Gasteiger partial charge in [0.15, 0.2) is 0 Å². The minimum absolute atomic E-state index is 0.0185. The Labute approximate surface area is 159 Å². The Morgan fingerprint density at radius 1 is 0.815 bits per heavy atom. The van der Waals surface area contributed by atoms with Gasteiger partial charge in [-0.05, 0) is 38.1 Å². The molecule has 7 nitrogen and oxygen atoms in total. The van der Waals surface area contributed by atoms with Gasteiger partial charge in [0.1, 0.15) is 0 Å². The summed E-state index contributed by atoms with van der Waals surface area (Å²) in [6, 6.07) is 15.7. The smallest absolute Gasteiger partial charge is 0.335 e. The van der Waals surface area contributed by atoms with Crippen LogP contribution in [0, 0.1) is 5.92 Å². The number of aliphatic hydroxyl groups excluding tert-OH is 2. The molecular formula is C19H26O7S. The van der Waals surface area contributed by atoms with E-state index in [4.69, 9.17) is 19.9 Å². The molecule has 8 heteroatoms. The topological polar surface area (TPSA) is 132 Å². The van der Waals surface area contributed by atoms with Gasteiger partial charge in [0.25, 0.3) is 10.1 Å². The number of aromatic carboxylic acids is 1. The van der Waals surface area contributed by atoms with Crippen LogP contribution in [0.2, 0.25) is 0 Å². The van der Waals surface area contributed by atoms with Gasteiger partial charge in [-0.25, -0.2) is 4.79 Å². The fourth-order valence-electron chi connectivity index (χ4n) is 1.58. The van der Waals surface area contributed by atoms with E-state index in [2.05, 4.69) is 0 Å². The number of rotatable bonds is 4. The SMILES string of the molecule is CC(O)C(C)C(C)O.O=C(O)c1ccccc1.O=S(=O)(O)c1ccccc1. The molecule has 0 aromatic heterocycles. The van der Waals surface area contributed by atoms with Gasteiger partial charge >= 0.3 is 5.97 Å². The van der Waals surface area contributed by atoms with Gasteiger partial charge in [0.2, 0.25) is 0 Å². The van der Waals surface area contributed by atoms with Crippen molar-refractivity contribution in [2.45, 2.75) is 37.9 Å². The molecule has 2 rings (SSSR count). The summed E-state index contributed by atoms with van der Waals surface area (Å²) in [6.07, 6.45) is -0.815. The van der Waals surface area contributed by atoms with E-state index in [1.165, 1.54) is 12.1 Å². The van der Waals surface area contributed by atoms with Crippen LogP contribution >= 0.6 is 0 Å². The molecule has 0 heterocycles. The maximum atomic E-state index is 10.4. The average Bonchev–Trinajstić information content (AvgIpc) is 2.62. The Balaban J connectivity index is 0.000000379. The highest BCUT2D eigenvalue weighted by atomic mass is 32.2. The number of hydrogen-bond acceptors (Lipinski definition) is 5. The predicted molar refractivity (Wildman–Crippen MR) is 102 cm³/mol. The first-order valence-electron chi connectivity index (χ1n) is 8.13. The number of aliphatic hydroxyl groups is 2. The molecule has 0 fully saturated rings. The summed E-state index contributed by atoms with van der Waals surface area (Å²) in [5.41, 5.74) is 0.331. The van der Waals surface area contributed by atoms with E-state index >= 15 is 0 Å². The number of carboxylic acid groups (broad SMARTS) is 1. The monoisotopic (exact) mass is 398 g/mol. The summed E-state index contributed by atoms with van der Waals surface area (Å²) in [4.78, 5) is 10.1. The van der Waals surface area contributed by atoms with E-state index in [1.54, 1.807) is 62.4 Å². The molecule has 0 radical (unpaired) electrons. The molecule has 2 atom stereocenters. The van der Waals surface area contributed by atoms with Crippen LogP contribution in [0.1, 0.15) is 31.1 Å². The van der Waals surface area contributed by atoms with Crippen molar-refractivity contribution < 1.29 is 33.1 Å². The molecule has 2 unspecified atom stereocenters. The third-order valence-electron chi connectivity index (χ3n) is 3.58. The summed E-state index contributed by atoms with van der Waals surface area (Å²) in [7, 11) is -4.00. The highest BCUT2D eigenvalue weighted by Crippen LogP contribution is 2.06. The molecule has 27 heavy (non-hydrogen) atoms. The molecule has 0 aliphatic carbocycles. The zero-order valence-electron chi connectivity index (χ0n) is 15.4. The van der Waals surface area contributed by atoms with Crippen molar-refractivity contribution >= 4 is 16.1 Å². The largest absolute Gasteiger partial charge is 0.478 e. The van der Waals surface area contributed by atoms with Crippen LogP contribution in [0.4, 0.5) is 0 Å². The van der Waals surface area contributed by atoms with E-state index in [0.29, 0.717) is 5.56 Å². The Bertz CT molecular complexity index is 749. The number of carbonyl (C=O) groups is 1. The van der Waals surface area contributed by atoms with Crippen molar-refractivity contribution in [2.24, 2.45) is 5.92 Å². The predicted octanol–water partition coefficient (Wildman–Crippen LogP) is 2.70. The lowest BCUT2D eigenvalue weighted by molar-refractivity contribution is 0.0420. The molecule has 0 amide bonds. The molecule has 4 N–H and O–H groups in total. The van der Waals surface area contributed by atoms with Crippen molar-refractivity contribution in [1.82, 2.24) is 0 Å². The third-order valence-corrected chi connectivity index (χ3v) is 4.45. The second-order valence-corrected chi connectivity index (χ2v) is 7.22. The quantitative estimate of drug-likeness (QED) is 0.582. The van der Waals surface area contributed by atoms with Gasteiger partial charge in [-0.2, -0.15) is 8.42 Å². The molecule has 0 aliphatic rings. The molecule has 2 aromatic carbocycles. The van der Waals surface area contributed by atoms with Crippen LogP contribution in [0.25, 0.3) is 0 Å². The Kier molecular flexibility index (Phi) is 11.2. The van der Waals surface area contributed by atoms with Gasteiger partial charge in [-0.3, -0.25) is 4.55 Å². The van der Waals surface area contributed by atoms with Crippen LogP contribution < -0.4 is 0 Å². The first kappa shape index (κ1) is 24.7. The normalized spacial score (nSPS) is 13.7. The summed E-state index contributed by atoms with van der Waals surface area (Å²) in [5, 5.41) is 26.0. The van der Waals surface area contributed by atoms with E-state index in [9.17, 15) is 13.2 Å². The molecule has 150 valence electrons. The third kappa shape index (κ3) is 11.1. The minimum atomic E-state index is -4.00. The molecular weight excluding hydrogens is 372 g/mol. The van der Waals surface area contributed by atoms with Crippen LogP contribution in [0.15, 0.2) is 65.6 Å². The van der Waals surface area contributed by atoms with Crippen molar-refractivity contribution in [3.8, 4) is 0 Å². The number of benzene rings is 2. The molecule has 0 aliphatic heterocycles. The second-order valence-electron chi connectivity index (χ2n) is 5.80. The zero-order valence-corrected chi connectivity index (χ0v) is 16.2. The maximum absolute atomic E-state index is 10.4. The lowest BCUT2D eigenvalue weighted by Crippen LogP contribution is -2.24. The second kappa shape index (κ2) is 12.2. The van der Waals surface area contributed by atoms with E-state index in [-0.39, 0.29) is 10.8 Å². The van der Waals surface area contributed by atoms with E-state index in [1.807, 2.05) is 6.92 Å². The van der Waals surface area contributed by atoms with Gasteiger partial charge in [-0.15, -0.1) is 0 Å². The lowest BCUT2D eigenvalue weighted by atomic mass is 10.0. The molecule has 0 spiro atoms. The molecule has 0 bridgehead atoms. The highest BCUT2D eigenvalue weighted by Gasteiger charge is 2.13. The average molecular weight is 398 g/mol. The lowest BCUT2D eigenvalue weighted by Gasteiger charge is -2.16. The number of carboxylic acids is 1. The molecule has 0 saturated carbocycles.